The topological polar surface area (TPSA) is 87.9 Å². The van der Waals surface area contributed by atoms with Crippen molar-refractivity contribution in [3.63, 3.8) is 0 Å². The zero-order chi connectivity index (χ0) is 32.4. The van der Waals surface area contributed by atoms with Crippen molar-refractivity contribution in [2.45, 2.75) is 83.4 Å². The van der Waals surface area contributed by atoms with Crippen molar-refractivity contribution in [1.29, 1.82) is 0 Å². The summed E-state index contributed by atoms with van der Waals surface area (Å²) >= 11 is 0. The van der Waals surface area contributed by atoms with Crippen LogP contribution in [0.4, 0.5) is 4.39 Å². The third kappa shape index (κ3) is 7.47. The van der Waals surface area contributed by atoms with E-state index >= 15 is 0 Å². The Bertz CT molecular complexity index is 1480. The van der Waals surface area contributed by atoms with Crippen molar-refractivity contribution in [2.75, 3.05) is 32.7 Å². The van der Waals surface area contributed by atoms with Gasteiger partial charge in [0.25, 0.3) is 0 Å². The highest BCUT2D eigenvalue weighted by molar-refractivity contribution is 5.85. The molecule has 0 aliphatic carbocycles. The van der Waals surface area contributed by atoms with Crippen LogP contribution >= 0.6 is 0 Å². The van der Waals surface area contributed by atoms with Gasteiger partial charge < -0.3 is 14.7 Å². The molecule has 5 rings (SSSR count). The predicted molar refractivity (Wildman–Crippen MR) is 172 cm³/mol. The number of halogens is 1. The van der Waals surface area contributed by atoms with Gasteiger partial charge >= 0.3 is 11.9 Å². The molecule has 9 heteroatoms. The Morgan fingerprint density at radius 3 is 2.36 bits per heavy atom. The second-order valence-corrected chi connectivity index (χ2v) is 13.7. The molecule has 0 spiro atoms. The molecule has 0 bridgehead atoms. The first-order valence-corrected chi connectivity index (χ1v) is 16.2. The maximum Gasteiger partial charge on any atom is 0.347 e. The molecule has 2 aliphatic rings. The van der Waals surface area contributed by atoms with E-state index in [2.05, 4.69) is 51.7 Å². The number of hydrogen-bond acceptors (Lipinski definition) is 6. The summed E-state index contributed by atoms with van der Waals surface area (Å²) in [4.78, 5) is 29.5. The van der Waals surface area contributed by atoms with Crippen molar-refractivity contribution in [1.82, 2.24) is 19.6 Å². The van der Waals surface area contributed by atoms with E-state index in [1.807, 2.05) is 12.1 Å². The molecule has 45 heavy (non-hydrogen) atoms. The van der Waals surface area contributed by atoms with Gasteiger partial charge in [-0.1, -0.05) is 42.5 Å². The molecular formula is C36H47FN4O4. The van der Waals surface area contributed by atoms with Crippen molar-refractivity contribution in [3.05, 3.63) is 89.0 Å². The van der Waals surface area contributed by atoms with Crippen LogP contribution in [0.2, 0.25) is 0 Å². The molecule has 0 radical (unpaired) electrons. The molecule has 2 atom stereocenters. The van der Waals surface area contributed by atoms with Gasteiger partial charge in [0.2, 0.25) is 5.60 Å². The lowest BCUT2D eigenvalue weighted by Crippen LogP contribution is -2.53. The number of carboxylic acid groups (broad SMARTS) is 1. The number of ether oxygens (including phenoxy) is 1. The van der Waals surface area contributed by atoms with Crippen LogP contribution in [0.1, 0.15) is 81.8 Å². The molecule has 1 aromatic heterocycles. The highest BCUT2D eigenvalue weighted by Gasteiger charge is 2.47. The number of aliphatic carboxylic acids is 1. The summed E-state index contributed by atoms with van der Waals surface area (Å²) in [6, 6.07) is 19.5. The minimum absolute atomic E-state index is 0.0278. The van der Waals surface area contributed by atoms with Crippen LogP contribution < -0.4 is 0 Å². The van der Waals surface area contributed by atoms with Gasteiger partial charge in [-0.15, -0.1) is 0 Å². The highest BCUT2D eigenvalue weighted by Crippen LogP contribution is 2.39. The highest BCUT2D eigenvalue weighted by atomic mass is 19.1. The molecule has 0 unspecified atom stereocenters. The average Bonchev–Trinajstić information content (AvgIpc) is 3.62. The first-order chi connectivity index (χ1) is 21.4. The number of carboxylic acids is 1. The Morgan fingerprint density at radius 2 is 1.71 bits per heavy atom. The van der Waals surface area contributed by atoms with Crippen molar-refractivity contribution in [2.24, 2.45) is 5.92 Å². The number of aromatic nitrogens is 2. The SMILES string of the molecule is CCn1nc(Cc2ccccc2)cc1C1CCN(C[C@H]2CN(C(C)(C)C(=O)OC(C)(C)C(=O)O)C[C@@H]2c2cccc(F)c2)CC1. The number of piperidine rings is 1. The average molecular weight is 619 g/mol. The monoisotopic (exact) mass is 618 g/mol. The molecule has 0 amide bonds. The van der Waals surface area contributed by atoms with E-state index < -0.39 is 23.1 Å². The smallest absolute Gasteiger partial charge is 0.347 e. The van der Waals surface area contributed by atoms with Crippen LogP contribution in [0, 0.1) is 11.7 Å². The van der Waals surface area contributed by atoms with Gasteiger partial charge in [0.05, 0.1) is 5.69 Å². The van der Waals surface area contributed by atoms with Crippen LogP contribution in [0.25, 0.3) is 0 Å². The number of carbonyl (C=O) groups excluding carboxylic acids is 1. The van der Waals surface area contributed by atoms with E-state index in [0.29, 0.717) is 19.0 Å². The Hall–Kier alpha value is -3.56. The summed E-state index contributed by atoms with van der Waals surface area (Å²) in [5, 5.41) is 14.4. The summed E-state index contributed by atoms with van der Waals surface area (Å²) in [6.45, 7) is 13.3. The largest absolute Gasteiger partial charge is 0.478 e. The standard InChI is InChI=1S/C36H47FN4O4/c1-6-41-32(21-30(38-41)19-25-11-8-7-9-12-25)26-15-17-39(18-16-26)22-28-23-40(24-31(28)27-13-10-14-29(37)20-27)35(2,3)34(44)45-36(4,5)33(42)43/h7-14,20-21,26,28,31H,6,15-19,22-24H2,1-5H3,(H,42,43)/t28-,31+/m0/s1. The Morgan fingerprint density at radius 1 is 1.00 bits per heavy atom. The summed E-state index contributed by atoms with van der Waals surface area (Å²) in [5.74, 6) is -1.40. The molecule has 2 fully saturated rings. The maximum atomic E-state index is 14.4. The van der Waals surface area contributed by atoms with Crippen LogP contribution in [-0.4, -0.2) is 80.5 Å². The van der Waals surface area contributed by atoms with Gasteiger partial charge in [-0.2, -0.15) is 5.10 Å². The predicted octanol–water partition coefficient (Wildman–Crippen LogP) is 5.71. The fourth-order valence-electron chi connectivity index (χ4n) is 6.86. The lowest BCUT2D eigenvalue weighted by molar-refractivity contribution is -0.181. The van der Waals surface area contributed by atoms with E-state index in [-0.39, 0.29) is 17.7 Å². The molecule has 3 aromatic rings. The third-order valence-corrected chi connectivity index (χ3v) is 9.76. The van der Waals surface area contributed by atoms with Crippen LogP contribution in [0.15, 0.2) is 60.7 Å². The number of benzene rings is 2. The number of hydrogen-bond donors (Lipinski definition) is 1. The van der Waals surface area contributed by atoms with Gasteiger partial charge in [-0.3, -0.25) is 14.4 Å². The molecule has 242 valence electrons. The second-order valence-electron chi connectivity index (χ2n) is 13.7. The number of likely N-dealkylation sites (tertiary alicyclic amines) is 2. The number of esters is 1. The van der Waals surface area contributed by atoms with Gasteiger partial charge in [-0.05, 0) is 95.8 Å². The quantitative estimate of drug-likeness (QED) is 0.276. The maximum absolute atomic E-state index is 14.4. The minimum atomic E-state index is -1.63. The first-order valence-electron chi connectivity index (χ1n) is 16.2. The van der Waals surface area contributed by atoms with E-state index in [1.165, 1.54) is 31.2 Å². The number of nitrogens with zero attached hydrogens (tertiary/aromatic N) is 4. The molecule has 1 N–H and O–H groups in total. The Balaban J connectivity index is 1.27. The third-order valence-electron chi connectivity index (χ3n) is 9.76. The van der Waals surface area contributed by atoms with Crippen LogP contribution in [0.5, 0.6) is 0 Å². The lowest BCUT2D eigenvalue weighted by atomic mass is 9.87. The summed E-state index contributed by atoms with van der Waals surface area (Å²) in [5.41, 5.74) is 1.94. The van der Waals surface area contributed by atoms with E-state index in [4.69, 9.17) is 9.84 Å². The summed E-state index contributed by atoms with van der Waals surface area (Å²) < 4.78 is 22.0. The molecule has 2 aromatic carbocycles. The molecule has 0 saturated carbocycles. The van der Waals surface area contributed by atoms with Gasteiger partial charge in [0.1, 0.15) is 11.4 Å². The van der Waals surface area contributed by atoms with E-state index in [0.717, 1.165) is 56.7 Å². The van der Waals surface area contributed by atoms with Crippen molar-refractivity contribution >= 4 is 11.9 Å². The minimum Gasteiger partial charge on any atom is -0.478 e. The van der Waals surface area contributed by atoms with Gasteiger partial charge in [0.15, 0.2) is 0 Å². The summed E-state index contributed by atoms with van der Waals surface area (Å²) in [7, 11) is 0. The molecule has 3 heterocycles. The van der Waals surface area contributed by atoms with E-state index in [9.17, 15) is 19.1 Å². The molecule has 2 saturated heterocycles. The fraction of sp³-hybridized carbons (Fsp3) is 0.528. The lowest BCUT2D eigenvalue weighted by Gasteiger charge is -2.36. The number of aryl methyl sites for hydroxylation is 1. The first kappa shape index (κ1) is 32.8. The molecule has 8 nitrogen and oxygen atoms in total. The molecule has 2 aliphatic heterocycles. The zero-order valence-electron chi connectivity index (χ0n) is 27.2. The summed E-state index contributed by atoms with van der Waals surface area (Å²) in [6.07, 6.45) is 2.91. The number of rotatable bonds is 11. The van der Waals surface area contributed by atoms with Crippen molar-refractivity contribution < 1.29 is 23.8 Å². The molecular weight excluding hydrogens is 571 g/mol. The van der Waals surface area contributed by atoms with Crippen molar-refractivity contribution in [3.8, 4) is 0 Å². The number of carbonyl (C=O) groups is 2. The van der Waals surface area contributed by atoms with E-state index in [1.54, 1.807) is 26.0 Å². The second kappa shape index (κ2) is 13.4. The van der Waals surface area contributed by atoms with Crippen LogP contribution in [0.3, 0.4) is 0 Å². The Kier molecular flexibility index (Phi) is 9.80. The Labute approximate surface area is 266 Å². The normalized spacial score (nSPS) is 20.4. The fourth-order valence-corrected chi connectivity index (χ4v) is 6.86. The van der Waals surface area contributed by atoms with Gasteiger partial charge in [0, 0.05) is 50.1 Å². The zero-order valence-corrected chi connectivity index (χ0v) is 27.2. The van der Waals surface area contributed by atoms with Crippen LogP contribution in [-0.2, 0) is 27.3 Å². The van der Waals surface area contributed by atoms with Gasteiger partial charge in [-0.25, -0.2) is 9.18 Å².